The summed E-state index contributed by atoms with van der Waals surface area (Å²) in [5.41, 5.74) is -1.12. The molecule has 1 aliphatic heterocycles. The highest BCUT2D eigenvalue weighted by Gasteiger charge is 2.46. The van der Waals surface area contributed by atoms with E-state index in [4.69, 9.17) is 19.1 Å². The van der Waals surface area contributed by atoms with Gasteiger partial charge in [0.15, 0.2) is 0 Å². The number of likely N-dealkylation sites (tertiary alicyclic amines) is 1. The summed E-state index contributed by atoms with van der Waals surface area (Å²) in [5.74, 6) is -1.85. The second-order valence-corrected chi connectivity index (χ2v) is 8.44. The van der Waals surface area contributed by atoms with Crippen molar-refractivity contribution in [3.8, 4) is 0 Å². The number of rotatable bonds is 5. The van der Waals surface area contributed by atoms with E-state index in [0.717, 1.165) is 0 Å². The minimum atomic E-state index is -2.16. The van der Waals surface area contributed by atoms with Gasteiger partial charge >= 0.3 is 5.97 Å². The van der Waals surface area contributed by atoms with Crippen LogP contribution in [-0.4, -0.2) is 35.5 Å². The summed E-state index contributed by atoms with van der Waals surface area (Å²) in [6.45, 7) is -0.275. The third kappa shape index (κ3) is 4.78. The van der Waals surface area contributed by atoms with Crippen LogP contribution in [0.4, 0.5) is 8.78 Å². The van der Waals surface area contributed by atoms with Crippen molar-refractivity contribution in [1.82, 2.24) is 9.88 Å². The van der Waals surface area contributed by atoms with Gasteiger partial charge in [-0.3, -0.25) is 9.69 Å². The van der Waals surface area contributed by atoms with Crippen LogP contribution in [-0.2, 0) is 22.4 Å². The lowest BCUT2D eigenvalue weighted by molar-refractivity contribution is -0.157. The number of hydrogen-bond acceptors (Lipinski definition) is 4. The number of hydrogen-bond donors (Lipinski definition) is 0. The first-order valence-electron chi connectivity index (χ1n) is 10.1. The van der Waals surface area contributed by atoms with Crippen LogP contribution >= 0.6 is 27.5 Å². The highest BCUT2D eigenvalue weighted by atomic mass is 79.9. The van der Waals surface area contributed by atoms with Crippen molar-refractivity contribution in [2.45, 2.75) is 38.7 Å². The van der Waals surface area contributed by atoms with E-state index >= 15 is 0 Å². The van der Waals surface area contributed by atoms with Crippen molar-refractivity contribution in [2.24, 2.45) is 5.41 Å². The largest absolute Gasteiger partial charge is 0.469 e. The summed E-state index contributed by atoms with van der Waals surface area (Å²) in [6, 6.07) is 6.48. The monoisotopic (exact) mass is 488 g/mol. The minimum absolute atomic E-state index is 0.0116. The zero-order chi connectivity index (χ0) is 23.0. The number of carbonyl (C=O) groups excluding carboxylic acids is 1. The number of halogens is 4. The lowest BCUT2D eigenvalue weighted by atomic mass is 9.72. The van der Waals surface area contributed by atoms with E-state index in [1.807, 2.05) is 0 Å². The number of methoxy groups -OCH3 is 1. The molecule has 2 atom stereocenters. The van der Waals surface area contributed by atoms with Gasteiger partial charge in [0.1, 0.15) is 16.2 Å². The maximum Gasteiger partial charge on any atom is 0.312 e. The fourth-order valence-corrected chi connectivity index (χ4v) is 4.30. The Bertz CT molecular complexity index is 998. The molecule has 8 heteroatoms. The molecule has 1 saturated heterocycles. The van der Waals surface area contributed by atoms with Crippen LogP contribution in [0.15, 0.2) is 34.9 Å². The van der Waals surface area contributed by atoms with Crippen LogP contribution < -0.4 is 0 Å². The maximum absolute atomic E-state index is 14.6. The Morgan fingerprint density at radius 1 is 1.45 bits per heavy atom. The number of nitrogens with zero attached hydrogens (tertiary/aromatic N) is 2. The lowest BCUT2D eigenvalue weighted by Crippen LogP contribution is -2.50. The fraction of sp³-hybridized carbons (Fsp3) is 0.429. The Morgan fingerprint density at radius 3 is 2.90 bits per heavy atom. The van der Waals surface area contributed by atoms with Crippen LogP contribution in [0.1, 0.15) is 33.8 Å². The SMILES string of the molecule is [2H]C([2H])(c1cccc(Cl)c1F)N1CCC(Cc2nc(Br)ccc2F)(C(=O)OC)CC1C. The van der Waals surface area contributed by atoms with Gasteiger partial charge in [-0.05, 0) is 60.4 Å². The number of ether oxygens (including phenoxy) is 1. The van der Waals surface area contributed by atoms with Crippen LogP contribution in [0, 0.1) is 17.0 Å². The number of piperidine rings is 1. The highest BCUT2D eigenvalue weighted by molar-refractivity contribution is 9.10. The van der Waals surface area contributed by atoms with Gasteiger partial charge in [-0.25, -0.2) is 13.8 Å². The molecule has 4 nitrogen and oxygen atoms in total. The molecular weight excluding hydrogens is 466 g/mol. The molecule has 0 amide bonds. The summed E-state index contributed by atoms with van der Waals surface area (Å²) in [6.07, 6.45) is 0.395. The molecule has 0 radical (unpaired) electrons. The third-order valence-electron chi connectivity index (χ3n) is 5.27. The molecule has 3 rings (SSSR count). The molecule has 1 fully saturated rings. The van der Waals surface area contributed by atoms with E-state index in [2.05, 4.69) is 20.9 Å². The molecule has 0 saturated carbocycles. The molecule has 1 aromatic heterocycles. The molecule has 156 valence electrons. The predicted molar refractivity (Wildman–Crippen MR) is 111 cm³/mol. The normalized spacial score (nSPS) is 24.0. The van der Waals surface area contributed by atoms with E-state index in [1.165, 1.54) is 42.3 Å². The van der Waals surface area contributed by atoms with Crippen LogP contribution in [0.5, 0.6) is 0 Å². The van der Waals surface area contributed by atoms with Gasteiger partial charge in [-0.15, -0.1) is 0 Å². The van der Waals surface area contributed by atoms with Crippen LogP contribution in [0.25, 0.3) is 0 Å². The second kappa shape index (κ2) is 9.06. The number of aromatic nitrogens is 1. The van der Waals surface area contributed by atoms with Crippen LogP contribution in [0.3, 0.4) is 0 Å². The molecule has 29 heavy (non-hydrogen) atoms. The Hall–Kier alpha value is -1.57. The van der Waals surface area contributed by atoms with Gasteiger partial charge in [-0.1, -0.05) is 23.7 Å². The van der Waals surface area contributed by atoms with Gasteiger partial charge in [0.25, 0.3) is 0 Å². The Morgan fingerprint density at radius 2 is 2.21 bits per heavy atom. The van der Waals surface area contributed by atoms with E-state index in [1.54, 1.807) is 6.92 Å². The van der Waals surface area contributed by atoms with Gasteiger partial charge in [0.2, 0.25) is 0 Å². The van der Waals surface area contributed by atoms with E-state index in [9.17, 15) is 13.6 Å². The summed E-state index contributed by atoms with van der Waals surface area (Å²) in [4.78, 5) is 18.5. The van der Waals surface area contributed by atoms with Crippen molar-refractivity contribution in [1.29, 1.82) is 0 Å². The number of esters is 1. The van der Waals surface area contributed by atoms with E-state index < -0.39 is 35.6 Å². The van der Waals surface area contributed by atoms with Gasteiger partial charge < -0.3 is 4.74 Å². The number of benzene rings is 1. The molecule has 1 aromatic carbocycles. The summed E-state index contributed by atoms with van der Waals surface area (Å²) in [7, 11) is 1.27. The first-order chi connectivity index (χ1) is 14.5. The molecular formula is C21H22BrClF2N2O2. The fourth-order valence-electron chi connectivity index (χ4n) is 3.78. The molecule has 0 N–H and O–H groups in total. The minimum Gasteiger partial charge on any atom is -0.469 e. The quantitative estimate of drug-likeness (QED) is 0.430. The lowest BCUT2D eigenvalue weighted by Gasteiger charge is -2.44. The van der Waals surface area contributed by atoms with Gasteiger partial charge in [0, 0.05) is 27.3 Å². The van der Waals surface area contributed by atoms with Crippen molar-refractivity contribution in [3.05, 3.63) is 62.8 Å². The molecule has 0 aliphatic carbocycles. The van der Waals surface area contributed by atoms with Gasteiger partial charge in [-0.2, -0.15) is 0 Å². The Balaban J connectivity index is 1.92. The first-order valence-corrected chi connectivity index (χ1v) is 10.3. The molecule has 2 heterocycles. The molecule has 0 spiro atoms. The first kappa shape index (κ1) is 19.4. The highest BCUT2D eigenvalue weighted by Crippen LogP contribution is 2.40. The summed E-state index contributed by atoms with van der Waals surface area (Å²) >= 11 is 9.07. The van der Waals surface area contributed by atoms with Crippen molar-refractivity contribution in [2.75, 3.05) is 13.7 Å². The molecule has 2 unspecified atom stereocenters. The Labute approximate surface area is 185 Å². The smallest absolute Gasteiger partial charge is 0.312 e. The van der Waals surface area contributed by atoms with Crippen molar-refractivity contribution < 1.29 is 21.1 Å². The summed E-state index contributed by atoms with van der Waals surface area (Å²) < 4.78 is 51.6. The summed E-state index contributed by atoms with van der Waals surface area (Å²) in [5, 5.41) is -0.161. The molecule has 2 aromatic rings. The standard InChI is InChI=1S/C21H22BrClF2N2O2/c1-13-10-21(20(28)29-2,11-17-16(24)6-7-18(22)26-17)8-9-27(13)12-14-4-3-5-15(23)19(14)25/h3-7,13H,8-12H2,1-2H3/i12D2. The van der Waals surface area contributed by atoms with Crippen molar-refractivity contribution >= 4 is 33.5 Å². The second-order valence-electron chi connectivity index (χ2n) is 7.22. The topological polar surface area (TPSA) is 42.4 Å². The van der Waals surface area contributed by atoms with E-state index in [0.29, 0.717) is 4.60 Å². The van der Waals surface area contributed by atoms with Crippen molar-refractivity contribution in [3.63, 3.8) is 0 Å². The molecule has 0 bridgehead atoms. The number of pyridine rings is 1. The molecule has 1 aliphatic rings. The average molecular weight is 490 g/mol. The average Bonchev–Trinajstić information content (AvgIpc) is 2.71. The maximum atomic E-state index is 14.6. The van der Waals surface area contributed by atoms with E-state index in [-0.39, 0.29) is 42.1 Å². The van der Waals surface area contributed by atoms with Crippen LogP contribution in [0.2, 0.25) is 5.02 Å². The van der Waals surface area contributed by atoms with Gasteiger partial charge in [0.05, 0.1) is 23.2 Å². The number of carbonyl (C=O) groups is 1. The predicted octanol–water partition coefficient (Wildman–Crippen LogP) is 5.16. The zero-order valence-corrected chi connectivity index (χ0v) is 18.4. The Kier molecular flexibility index (Phi) is 6.06. The third-order valence-corrected chi connectivity index (χ3v) is 6.01. The zero-order valence-electron chi connectivity index (χ0n) is 18.0.